The number of nitrogens with zero attached hydrogens (tertiary/aromatic N) is 4. The lowest BCUT2D eigenvalue weighted by Gasteiger charge is -2.08. The van der Waals surface area contributed by atoms with Gasteiger partial charge in [0.1, 0.15) is 5.15 Å². The predicted molar refractivity (Wildman–Crippen MR) is 119 cm³/mol. The van der Waals surface area contributed by atoms with E-state index in [0.29, 0.717) is 10.9 Å². The molecule has 0 bridgehead atoms. The van der Waals surface area contributed by atoms with Gasteiger partial charge in [-0.3, -0.25) is 0 Å². The minimum absolute atomic E-state index is 0.541. The topological polar surface area (TPSA) is 43.6 Å². The molecule has 0 atom stereocenters. The molecule has 0 unspecified atom stereocenters. The first-order valence-corrected chi connectivity index (χ1v) is 11.4. The van der Waals surface area contributed by atoms with Crippen molar-refractivity contribution in [1.29, 1.82) is 0 Å². The van der Waals surface area contributed by atoms with E-state index in [4.69, 9.17) is 11.6 Å². The molecule has 0 spiro atoms. The summed E-state index contributed by atoms with van der Waals surface area (Å²) in [5.74, 6) is 1.55. The molecule has 0 N–H and O–H groups in total. The van der Waals surface area contributed by atoms with Crippen LogP contribution in [0.4, 0.5) is 0 Å². The maximum Gasteiger partial charge on any atom is 0.191 e. The zero-order chi connectivity index (χ0) is 19.7. The molecule has 28 heavy (non-hydrogen) atoms. The molecular formula is C21H19ClN4S2. The van der Waals surface area contributed by atoms with Crippen molar-refractivity contribution in [3.63, 3.8) is 0 Å². The maximum atomic E-state index is 6.45. The molecule has 0 amide bonds. The van der Waals surface area contributed by atoms with Gasteiger partial charge in [0.2, 0.25) is 0 Å². The zero-order valence-corrected chi connectivity index (χ0v) is 18.2. The van der Waals surface area contributed by atoms with E-state index in [9.17, 15) is 0 Å². The smallest absolute Gasteiger partial charge is 0.191 e. The third-order valence-corrected chi connectivity index (χ3v) is 6.75. The fourth-order valence-electron chi connectivity index (χ4n) is 3.04. The van der Waals surface area contributed by atoms with Gasteiger partial charge in [0, 0.05) is 34.2 Å². The summed E-state index contributed by atoms with van der Waals surface area (Å²) < 4.78 is 2.03. The van der Waals surface area contributed by atoms with Crippen LogP contribution in [0.3, 0.4) is 0 Å². The summed E-state index contributed by atoms with van der Waals surface area (Å²) in [6.45, 7) is 2.08. The zero-order valence-electron chi connectivity index (χ0n) is 15.8. The van der Waals surface area contributed by atoms with Gasteiger partial charge in [0.15, 0.2) is 11.0 Å². The van der Waals surface area contributed by atoms with Gasteiger partial charge < -0.3 is 4.57 Å². The Kier molecular flexibility index (Phi) is 5.62. The van der Waals surface area contributed by atoms with Gasteiger partial charge in [-0.05, 0) is 36.9 Å². The van der Waals surface area contributed by atoms with Gasteiger partial charge in [-0.2, -0.15) is 0 Å². The minimum atomic E-state index is 0.541. The number of aryl methyl sites for hydroxylation is 1. The van der Waals surface area contributed by atoms with Crippen LogP contribution < -0.4 is 0 Å². The summed E-state index contributed by atoms with van der Waals surface area (Å²) >= 11 is 9.76. The van der Waals surface area contributed by atoms with Crippen LogP contribution in [0.5, 0.6) is 0 Å². The van der Waals surface area contributed by atoms with E-state index >= 15 is 0 Å². The Morgan fingerprint density at radius 3 is 2.68 bits per heavy atom. The summed E-state index contributed by atoms with van der Waals surface area (Å²) in [7, 11) is 1.99. The molecule has 4 aromatic rings. The third-order valence-electron chi connectivity index (χ3n) is 4.63. The minimum Gasteiger partial charge on any atom is -0.305 e. The molecule has 2 aromatic heterocycles. The van der Waals surface area contributed by atoms with E-state index in [-0.39, 0.29) is 0 Å². The Hall–Kier alpha value is -2.02. The summed E-state index contributed by atoms with van der Waals surface area (Å²) in [6.07, 6.45) is 2.06. The number of thioether (sulfide) groups is 2. The molecule has 2 aromatic carbocycles. The van der Waals surface area contributed by atoms with Gasteiger partial charge >= 0.3 is 0 Å². The molecule has 0 saturated carbocycles. The predicted octanol–water partition coefficient (Wildman–Crippen LogP) is 6.01. The molecule has 0 saturated heterocycles. The largest absolute Gasteiger partial charge is 0.305 e. The molecule has 4 nitrogen and oxygen atoms in total. The number of halogens is 1. The molecule has 0 aliphatic rings. The maximum absolute atomic E-state index is 6.45. The lowest BCUT2D eigenvalue weighted by atomic mass is 10.1. The molecule has 0 radical (unpaired) electrons. The van der Waals surface area contributed by atoms with Crippen LogP contribution in [0.15, 0.2) is 58.6 Å². The average molecular weight is 427 g/mol. The highest BCUT2D eigenvalue weighted by molar-refractivity contribution is 7.98. The molecule has 7 heteroatoms. The summed E-state index contributed by atoms with van der Waals surface area (Å²) in [4.78, 5) is 5.76. The lowest BCUT2D eigenvalue weighted by Crippen LogP contribution is -1.97. The summed E-state index contributed by atoms with van der Waals surface area (Å²) in [5, 5.41) is 11.3. The first-order chi connectivity index (χ1) is 13.6. The fourth-order valence-corrected chi connectivity index (χ4v) is 4.65. The summed E-state index contributed by atoms with van der Waals surface area (Å²) in [5.41, 5.74) is 4.20. The second-order valence-corrected chi connectivity index (χ2v) is 8.65. The van der Waals surface area contributed by atoms with E-state index in [1.807, 2.05) is 23.7 Å². The normalized spacial score (nSPS) is 11.3. The van der Waals surface area contributed by atoms with Gasteiger partial charge in [0.05, 0.1) is 5.52 Å². The number of benzene rings is 2. The van der Waals surface area contributed by atoms with Gasteiger partial charge in [-0.25, -0.2) is 4.98 Å². The highest BCUT2D eigenvalue weighted by Crippen LogP contribution is 2.30. The van der Waals surface area contributed by atoms with Crippen molar-refractivity contribution in [3.05, 3.63) is 64.8 Å². The van der Waals surface area contributed by atoms with Crippen molar-refractivity contribution in [2.45, 2.75) is 22.7 Å². The summed E-state index contributed by atoms with van der Waals surface area (Å²) in [6, 6.07) is 16.6. The second-order valence-electron chi connectivity index (χ2n) is 6.47. The van der Waals surface area contributed by atoms with E-state index in [1.54, 1.807) is 23.5 Å². The highest BCUT2D eigenvalue weighted by Gasteiger charge is 2.14. The number of rotatable bonds is 5. The van der Waals surface area contributed by atoms with Crippen LogP contribution in [-0.4, -0.2) is 26.0 Å². The van der Waals surface area contributed by atoms with Gasteiger partial charge in [-0.15, -0.1) is 22.0 Å². The first kappa shape index (κ1) is 19.3. The van der Waals surface area contributed by atoms with E-state index in [0.717, 1.165) is 33.0 Å². The Labute approximate surface area is 177 Å². The number of fused-ring (bicyclic) bond motifs is 1. The quantitative estimate of drug-likeness (QED) is 0.289. The number of hydrogen-bond donors (Lipinski definition) is 0. The molecule has 0 aliphatic heterocycles. The number of aromatic nitrogens is 4. The number of hydrogen-bond acceptors (Lipinski definition) is 5. The molecule has 2 heterocycles. The Morgan fingerprint density at radius 1 is 1.07 bits per heavy atom. The van der Waals surface area contributed by atoms with Crippen LogP contribution in [0.2, 0.25) is 5.15 Å². The van der Waals surface area contributed by atoms with E-state index < -0.39 is 0 Å². The average Bonchev–Trinajstić information content (AvgIpc) is 3.06. The van der Waals surface area contributed by atoms with Crippen LogP contribution >= 0.6 is 35.1 Å². The van der Waals surface area contributed by atoms with Crippen molar-refractivity contribution in [1.82, 2.24) is 19.7 Å². The molecular weight excluding hydrogens is 408 g/mol. The molecule has 0 fully saturated rings. The van der Waals surface area contributed by atoms with Gasteiger partial charge in [-0.1, -0.05) is 53.7 Å². The standard InChI is InChI=1S/C21H19ClN4S2/c1-13-6-4-5-7-17(13)20-24-25-21(26(20)2)28-12-15-10-14-8-9-16(27-3)11-18(14)23-19(15)22/h4-11H,12H2,1-3H3. The number of pyridine rings is 1. The fraction of sp³-hybridized carbons (Fsp3) is 0.190. The Morgan fingerprint density at radius 2 is 1.89 bits per heavy atom. The van der Waals surface area contributed by atoms with Crippen molar-refractivity contribution in [2.24, 2.45) is 7.05 Å². The van der Waals surface area contributed by atoms with Crippen molar-refractivity contribution in [2.75, 3.05) is 6.26 Å². The van der Waals surface area contributed by atoms with Crippen molar-refractivity contribution in [3.8, 4) is 11.4 Å². The molecule has 0 aliphatic carbocycles. The van der Waals surface area contributed by atoms with E-state index in [2.05, 4.69) is 64.8 Å². The third kappa shape index (κ3) is 3.77. The van der Waals surface area contributed by atoms with E-state index in [1.165, 1.54) is 10.5 Å². The van der Waals surface area contributed by atoms with Crippen LogP contribution in [-0.2, 0) is 12.8 Å². The van der Waals surface area contributed by atoms with Crippen molar-refractivity contribution >= 4 is 46.0 Å². The highest BCUT2D eigenvalue weighted by atomic mass is 35.5. The molecule has 4 rings (SSSR count). The monoisotopic (exact) mass is 426 g/mol. The first-order valence-electron chi connectivity index (χ1n) is 8.78. The Bertz CT molecular complexity index is 1160. The van der Waals surface area contributed by atoms with Crippen molar-refractivity contribution < 1.29 is 0 Å². The van der Waals surface area contributed by atoms with Gasteiger partial charge in [0.25, 0.3) is 0 Å². The SMILES string of the molecule is CSc1ccc2cc(CSc3nnc(-c4ccccc4C)n3C)c(Cl)nc2c1. The second kappa shape index (κ2) is 8.15. The lowest BCUT2D eigenvalue weighted by molar-refractivity contribution is 0.793. The van der Waals surface area contributed by atoms with Crippen LogP contribution in [0, 0.1) is 6.92 Å². The van der Waals surface area contributed by atoms with Crippen LogP contribution in [0.25, 0.3) is 22.3 Å². The Balaban J connectivity index is 1.58. The molecule has 142 valence electrons. The van der Waals surface area contributed by atoms with Crippen LogP contribution in [0.1, 0.15) is 11.1 Å².